The molecule has 4 nitrogen and oxygen atoms in total. The van der Waals surface area contributed by atoms with Crippen molar-refractivity contribution in [1.82, 2.24) is 19.1 Å². The molecular formula is C49H32N4S. The molecule has 3 aromatic heterocycles. The highest BCUT2D eigenvalue weighted by molar-refractivity contribution is 7.99. The van der Waals surface area contributed by atoms with Crippen LogP contribution in [-0.2, 0) is 5.41 Å². The Morgan fingerprint density at radius 3 is 2.22 bits per heavy atom. The molecule has 7 aromatic carbocycles. The monoisotopic (exact) mass is 708 g/mol. The lowest BCUT2D eigenvalue weighted by Gasteiger charge is -2.22. The lowest BCUT2D eigenvalue weighted by atomic mass is 9.82. The predicted molar refractivity (Wildman–Crippen MR) is 223 cm³/mol. The average molecular weight is 709 g/mol. The van der Waals surface area contributed by atoms with Crippen LogP contribution in [-0.4, -0.2) is 19.1 Å². The van der Waals surface area contributed by atoms with Gasteiger partial charge in [0.15, 0.2) is 5.82 Å². The molecule has 0 unspecified atom stereocenters. The molecule has 0 saturated carbocycles. The summed E-state index contributed by atoms with van der Waals surface area (Å²) in [7, 11) is 0. The highest BCUT2D eigenvalue weighted by atomic mass is 32.2. The molecule has 0 amide bonds. The van der Waals surface area contributed by atoms with E-state index >= 15 is 0 Å². The van der Waals surface area contributed by atoms with Crippen molar-refractivity contribution < 1.29 is 0 Å². The third-order valence-corrected chi connectivity index (χ3v) is 12.8. The van der Waals surface area contributed by atoms with Crippen LogP contribution in [0, 0.1) is 0 Å². The van der Waals surface area contributed by atoms with Gasteiger partial charge < -0.3 is 0 Å². The maximum absolute atomic E-state index is 5.40. The van der Waals surface area contributed by atoms with Crippen molar-refractivity contribution >= 4 is 55.5 Å². The van der Waals surface area contributed by atoms with E-state index in [2.05, 4.69) is 181 Å². The maximum Gasteiger partial charge on any atom is 0.160 e. The first-order valence-corrected chi connectivity index (χ1v) is 19.3. The molecule has 0 fully saturated rings. The van der Waals surface area contributed by atoms with Gasteiger partial charge in [-0.15, -0.1) is 0 Å². The van der Waals surface area contributed by atoms with Crippen LogP contribution in [0.1, 0.15) is 25.0 Å². The first kappa shape index (κ1) is 30.1. The molecule has 4 heterocycles. The molecule has 12 rings (SSSR count). The van der Waals surface area contributed by atoms with Gasteiger partial charge >= 0.3 is 0 Å². The van der Waals surface area contributed by atoms with Gasteiger partial charge in [0.1, 0.15) is 5.65 Å². The summed E-state index contributed by atoms with van der Waals surface area (Å²) in [5.74, 6) is 0.715. The van der Waals surface area contributed by atoms with Crippen LogP contribution in [0.15, 0.2) is 168 Å². The topological polar surface area (TPSA) is 35.6 Å². The summed E-state index contributed by atoms with van der Waals surface area (Å²) in [6.45, 7) is 4.66. The van der Waals surface area contributed by atoms with Crippen molar-refractivity contribution in [2.45, 2.75) is 29.1 Å². The van der Waals surface area contributed by atoms with Gasteiger partial charge in [0.25, 0.3) is 0 Å². The smallest absolute Gasteiger partial charge is 0.160 e. The summed E-state index contributed by atoms with van der Waals surface area (Å²) in [5, 5.41) is 4.85. The number of para-hydroxylation sites is 4. The molecule has 0 atom stereocenters. The highest BCUT2D eigenvalue weighted by Crippen LogP contribution is 2.51. The third-order valence-electron chi connectivity index (χ3n) is 11.7. The molecule has 5 heteroatoms. The van der Waals surface area contributed by atoms with Crippen LogP contribution in [0.3, 0.4) is 0 Å². The van der Waals surface area contributed by atoms with Crippen molar-refractivity contribution in [3.63, 3.8) is 0 Å². The van der Waals surface area contributed by atoms with Gasteiger partial charge in [0, 0.05) is 53.6 Å². The Morgan fingerprint density at radius 1 is 0.537 bits per heavy atom. The summed E-state index contributed by atoms with van der Waals surface area (Å²) in [4.78, 5) is 13.1. The van der Waals surface area contributed by atoms with Crippen molar-refractivity contribution in [2.75, 3.05) is 0 Å². The average Bonchev–Trinajstić information content (AvgIpc) is 3.82. The number of rotatable bonds is 3. The lowest BCUT2D eigenvalue weighted by Crippen LogP contribution is -2.15. The van der Waals surface area contributed by atoms with Crippen molar-refractivity contribution in [1.29, 1.82) is 0 Å². The maximum atomic E-state index is 5.40. The quantitative estimate of drug-likeness (QED) is 0.183. The summed E-state index contributed by atoms with van der Waals surface area (Å²) in [6, 6.07) is 57.2. The van der Waals surface area contributed by atoms with Gasteiger partial charge in [0.2, 0.25) is 0 Å². The normalized spacial score (nSPS) is 13.8. The Bertz CT molecular complexity index is 3240. The fourth-order valence-corrected chi connectivity index (χ4v) is 10.3. The molecule has 1 aliphatic heterocycles. The third kappa shape index (κ3) is 3.99. The fourth-order valence-electron chi connectivity index (χ4n) is 9.25. The van der Waals surface area contributed by atoms with Gasteiger partial charge in [-0.25, -0.2) is 9.97 Å². The summed E-state index contributed by atoms with van der Waals surface area (Å²) in [6.07, 6.45) is 0. The van der Waals surface area contributed by atoms with E-state index in [1.165, 1.54) is 70.6 Å². The number of benzene rings is 7. The van der Waals surface area contributed by atoms with E-state index in [0.717, 1.165) is 33.4 Å². The predicted octanol–water partition coefficient (Wildman–Crippen LogP) is 12.8. The van der Waals surface area contributed by atoms with Crippen LogP contribution in [0.4, 0.5) is 0 Å². The molecule has 0 bridgehead atoms. The van der Waals surface area contributed by atoms with Gasteiger partial charge in [0.05, 0.1) is 27.9 Å². The molecule has 0 radical (unpaired) electrons. The highest BCUT2D eigenvalue weighted by Gasteiger charge is 2.35. The number of hydrogen-bond acceptors (Lipinski definition) is 3. The molecule has 2 aliphatic rings. The van der Waals surface area contributed by atoms with Gasteiger partial charge in [-0.2, -0.15) is 0 Å². The van der Waals surface area contributed by atoms with E-state index < -0.39 is 0 Å². The molecule has 10 aromatic rings. The van der Waals surface area contributed by atoms with E-state index in [4.69, 9.17) is 9.97 Å². The van der Waals surface area contributed by atoms with Crippen molar-refractivity contribution in [3.05, 3.63) is 169 Å². The zero-order chi connectivity index (χ0) is 35.7. The van der Waals surface area contributed by atoms with E-state index in [1.54, 1.807) is 0 Å². The lowest BCUT2D eigenvalue weighted by molar-refractivity contribution is 0.660. The zero-order valence-corrected chi connectivity index (χ0v) is 30.5. The SMILES string of the molecule is CC1(C)c2ccccc2-c2ccc(-c3nc(-c4cccc(-n5c6ccccc6c6c7cccc8c7n(c65)-c5ccccc5S8)c4)nc4ccccc34)cc21. The molecule has 54 heavy (non-hydrogen) atoms. The van der Waals surface area contributed by atoms with Crippen LogP contribution in [0.25, 0.3) is 88.9 Å². The fraction of sp³-hybridized carbons (Fsp3) is 0.0612. The Hall–Kier alpha value is -6.43. The van der Waals surface area contributed by atoms with Crippen molar-refractivity contribution in [3.8, 4) is 45.1 Å². The number of fused-ring (bicyclic) bond motifs is 11. The molecule has 1 aliphatic carbocycles. The van der Waals surface area contributed by atoms with E-state index in [1.807, 2.05) is 11.8 Å². The van der Waals surface area contributed by atoms with Gasteiger partial charge in [-0.3, -0.25) is 9.13 Å². The second-order valence-corrected chi connectivity index (χ2v) is 16.1. The molecule has 254 valence electrons. The summed E-state index contributed by atoms with van der Waals surface area (Å²) in [5.41, 5.74) is 15.1. The minimum Gasteiger partial charge on any atom is -0.295 e. The first-order chi connectivity index (χ1) is 26.5. The van der Waals surface area contributed by atoms with Crippen molar-refractivity contribution in [2.24, 2.45) is 0 Å². The molecule has 0 saturated heterocycles. The molecular weight excluding hydrogens is 677 g/mol. The second-order valence-electron chi connectivity index (χ2n) is 15.0. The van der Waals surface area contributed by atoms with E-state index in [9.17, 15) is 0 Å². The van der Waals surface area contributed by atoms with Crippen LogP contribution in [0.5, 0.6) is 0 Å². The zero-order valence-electron chi connectivity index (χ0n) is 29.7. The minimum atomic E-state index is -0.101. The Morgan fingerprint density at radius 2 is 1.28 bits per heavy atom. The summed E-state index contributed by atoms with van der Waals surface area (Å²) >= 11 is 1.86. The van der Waals surface area contributed by atoms with E-state index in [-0.39, 0.29) is 5.41 Å². The van der Waals surface area contributed by atoms with Crippen LogP contribution >= 0.6 is 11.8 Å². The Balaban J connectivity index is 1.08. The number of hydrogen-bond donors (Lipinski definition) is 0. The van der Waals surface area contributed by atoms with E-state index in [0.29, 0.717) is 5.82 Å². The number of nitrogens with zero attached hydrogens (tertiary/aromatic N) is 4. The summed E-state index contributed by atoms with van der Waals surface area (Å²) < 4.78 is 4.92. The minimum absolute atomic E-state index is 0.101. The molecule has 0 spiro atoms. The Kier molecular flexibility index (Phi) is 6.02. The van der Waals surface area contributed by atoms with Gasteiger partial charge in [-0.1, -0.05) is 135 Å². The largest absolute Gasteiger partial charge is 0.295 e. The van der Waals surface area contributed by atoms with Crippen LogP contribution < -0.4 is 0 Å². The Labute approximate surface area is 316 Å². The van der Waals surface area contributed by atoms with Crippen LogP contribution in [0.2, 0.25) is 0 Å². The second kappa shape index (κ2) is 10.8. The number of aromatic nitrogens is 4. The standard InChI is InChI=1S/C49H32N4S/c1-49(2)37-19-6-3-15-32(37)33-26-25-29(28-38(33)49)45-34-16-4-7-20-39(34)50-47(51-45)30-13-11-14-31(27-30)52-40-21-8-5-17-35(40)44-36-18-12-24-43-46(36)53(48(44)52)41-22-9-10-23-42(41)54-43/h3-28H,1-2H3. The molecule has 0 N–H and O–H groups in total. The van der Waals surface area contributed by atoms with Gasteiger partial charge in [-0.05, 0) is 70.8 Å². The first-order valence-electron chi connectivity index (χ1n) is 18.5.